The molecule has 23 heavy (non-hydrogen) atoms. The molecule has 0 atom stereocenters. The topological polar surface area (TPSA) is 72.4 Å². The van der Waals surface area contributed by atoms with Crippen molar-refractivity contribution >= 4 is 9.84 Å². The molecule has 0 N–H and O–H groups in total. The van der Waals surface area contributed by atoms with E-state index in [0.717, 1.165) is 42.8 Å². The molecule has 0 spiro atoms. The Balaban J connectivity index is 1.76. The summed E-state index contributed by atoms with van der Waals surface area (Å²) in [5.41, 5.74) is 3.02. The molecule has 0 aliphatic carbocycles. The van der Waals surface area contributed by atoms with Gasteiger partial charge in [-0.1, -0.05) is 12.1 Å². The first-order valence-electron chi connectivity index (χ1n) is 7.36. The second-order valence-electron chi connectivity index (χ2n) is 5.71. The molecule has 0 saturated heterocycles. The number of ether oxygens (including phenoxy) is 1. The number of fused-ring (bicyclic) bond motifs is 1. The van der Waals surface area contributed by atoms with Crippen LogP contribution in [0, 0.1) is 0 Å². The van der Waals surface area contributed by atoms with Crippen LogP contribution < -0.4 is 4.74 Å². The smallest absolute Gasteiger partial charge is 0.247 e. The lowest BCUT2D eigenvalue weighted by Gasteiger charge is -2.27. The number of benzene rings is 1. The van der Waals surface area contributed by atoms with Gasteiger partial charge in [0, 0.05) is 32.1 Å². The minimum atomic E-state index is -3.38. The number of hydrogen-bond acceptors (Lipinski definition) is 6. The average molecular weight is 333 g/mol. The Labute approximate surface area is 136 Å². The van der Waals surface area contributed by atoms with E-state index in [9.17, 15) is 8.42 Å². The monoisotopic (exact) mass is 333 g/mol. The molecule has 6 nitrogen and oxygen atoms in total. The van der Waals surface area contributed by atoms with Gasteiger partial charge in [0.15, 0.2) is 0 Å². The third kappa shape index (κ3) is 3.68. The Morgan fingerprint density at radius 1 is 1.26 bits per heavy atom. The maximum atomic E-state index is 11.6. The lowest BCUT2D eigenvalue weighted by Crippen LogP contribution is -2.31. The molecule has 0 radical (unpaired) electrons. The van der Waals surface area contributed by atoms with Crippen LogP contribution in [0.25, 0.3) is 0 Å². The van der Waals surface area contributed by atoms with Crippen LogP contribution in [0.4, 0.5) is 0 Å². The van der Waals surface area contributed by atoms with Crippen molar-refractivity contribution in [3.05, 3.63) is 47.3 Å². The maximum absolute atomic E-state index is 11.6. The number of aromatic nitrogens is 2. The van der Waals surface area contributed by atoms with Gasteiger partial charge in [-0.05, 0) is 29.7 Å². The third-order valence-corrected chi connectivity index (χ3v) is 4.76. The van der Waals surface area contributed by atoms with Crippen molar-refractivity contribution in [3.8, 4) is 5.75 Å². The first kappa shape index (κ1) is 15.9. The van der Waals surface area contributed by atoms with E-state index >= 15 is 0 Å². The van der Waals surface area contributed by atoms with E-state index < -0.39 is 9.84 Å². The molecule has 0 fully saturated rings. The van der Waals surface area contributed by atoms with Crippen molar-refractivity contribution in [2.45, 2.75) is 24.7 Å². The molecule has 122 valence electrons. The fourth-order valence-electron chi connectivity index (χ4n) is 2.64. The van der Waals surface area contributed by atoms with Gasteiger partial charge in [-0.15, -0.1) is 0 Å². The Hall–Kier alpha value is -1.99. The van der Waals surface area contributed by atoms with Gasteiger partial charge in [0.1, 0.15) is 5.75 Å². The highest BCUT2D eigenvalue weighted by Crippen LogP contribution is 2.20. The van der Waals surface area contributed by atoms with Crippen molar-refractivity contribution in [1.29, 1.82) is 0 Å². The third-order valence-electron chi connectivity index (χ3n) is 3.90. The molecular weight excluding hydrogens is 314 g/mol. The van der Waals surface area contributed by atoms with Crippen molar-refractivity contribution in [2.24, 2.45) is 0 Å². The maximum Gasteiger partial charge on any atom is 0.247 e. The van der Waals surface area contributed by atoms with Crippen LogP contribution >= 0.6 is 0 Å². The molecule has 0 saturated carbocycles. The van der Waals surface area contributed by atoms with Crippen molar-refractivity contribution in [2.75, 3.05) is 19.9 Å². The Kier molecular flexibility index (Phi) is 4.32. The van der Waals surface area contributed by atoms with Gasteiger partial charge in [-0.3, -0.25) is 4.90 Å². The largest absolute Gasteiger partial charge is 0.497 e. The summed E-state index contributed by atoms with van der Waals surface area (Å²) in [5, 5.41) is -0.0949. The normalized spacial score (nSPS) is 15.2. The van der Waals surface area contributed by atoms with E-state index in [2.05, 4.69) is 14.9 Å². The molecule has 1 aromatic heterocycles. The van der Waals surface area contributed by atoms with E-state index in [1.165, 1.54) is 5.56 Å². The Bertz CT molecular complexity index is 804. The zero-order chi connectivity index (χ0) is 16.4. The van der Waals surface area contributed by atoms with Gasteiger partial charge in [-0.2, -0.15) is 0 Å². The van der Waals surface area contributed by atoms with Gasteiger partial charge in [-0.25, -0.2) is 18.4 Å². The molecule has 3 rings (SSSR count). The predicted octanol–water partition coefficient (Wildman–Crippen LogP) is 1.45. The molecule has 0 bridgehead atoms. The van der Waals surface area contributed by atoms with Crippen LogP contribution in [0.2, 0.25) is 0 Å². The van der Waals surface area contributed by atoms with E-state index in [-0.39, 0.29) is 5.16 Å². The summed E-state index contributed by atoms with van der Waals surface area (Å²) < 4.78 is 28.4. The van der Waals surface area contributed by atoms with Crippen molar-refractivity contribution < 1.29 is 13.2 Å². The second kappa shape index (κ2) is 6.25. The van der Waals surface area contributed by atoms with E-state index in [1.807, 2.05) is 24.3 Å². The Morgan fingerprint density at radius 2 is 2.00 bits per heavy atom. The zero-order valence-corrected chi connectivity index (χ0v) is 14.0. The molecule has 2 aromatic rings. The Morgan fingerprint density at radius 3 is 2.65 bits per heavy atom. The molecule has 0 unspecified atom stereocenters. The van der Waals surface area contributed by atoms with Gasteiger partial charge in [0.25, 0.3) is 0 Å². The van der Waals surface area contributed by atoms with Gasteiger partial charge >= 0.3 is 0 Å². The first-order valence-corrected chi connectivity index (χ1v) is 9.25. The molecule has 7 heteroatoms. The summed E-state index contributed by atoms with van der Waals surface area (Å²) in [4.78, 5) is 10.5. The first-order chi connectivity index (χ1) is 11.0. The van der Waals surface area contributed by atoms with Crippen molar-refractivity contribution in [1.82, 2.24) is 14.9 Å². The van der Waals surface area contributed by atoms with E-state index in [4.69, 9.17) is 4.74 Å². The quantitative estimate of drug-likeness (QED) is 0.789. The molecule has 1 aromatic carbocycles. The standard InChI is InChI=1S/C16H19N3O3S/c1-22-14-5-3-12(4-6-14)10-19-8-7-13-9-17-16(23(2,20)21)18-15(13)11-19/h3-6,9H,7-8,10-11H2,1-2H3. The van der Waals surface area contributed by atoms with Crippen LogP contribution in [0.15, 0.2) is 35.6 Å². The van der Waals surface area contributed by atoms with E-state index in [1.54, 1.807) is 13.3 Å². The summed E-state index contributed by atoms with van der Waals surface area (Å²) in [5.74, 6) is 0.836. The van der Waals surface area contributed by atoms with Gasteiger partial charge in [0.05, 0.1) is 12.8 Å². The highest BCUT2D eigenvalue weighted by molar-refractivity contribution is 7.90. The predicted molar refractivity (Wildman–Crippen MR) is 86.0 cm³/mol. The summed E-state index contributed by atoms with van der Waals surface area (Å²) in [6.45, 7) is 2.33. The second-order valence-corrected chi connectivity index (χ2v) is 7.61. The van der Waals surface area contributed by atoms with Crippen LogP contribution in [0.3, 0.4) is 0 Å². The molecule has 1 aliphatic heterocycles. The molecule has 2 heterocycles. The summed E-state index contributed by atoms with van der Waals surface area (Å²) in [6.07, 6.45) is 3.60. The molecule has 0 amide bonds. The zero-order valence-electron chi connectivity index (χ0n) is 13.2. The highest BCUT2D eigenvalue weighted by Gasteiger charge is 2.21. The van der Waals surface area contributed by atoms with Crippen LogP contribution in [-0.4, -0.2) is 43.2 Å². The number of rotatable bonds is 4. The molecular formula is C16H19N3O3S. The minimum Gasteiger partial charge on any atom is -0.497 e. The number of nitrogens with zero attached hydrogens (tertiary/aromatic N) is 3. The van der Waals surface area contributed by atoms with Crippen LogP contribution in [-0.2, 0) is 29.3 Å². The van der Waals surface area contributed by atoms with Gasteiger partial charge < -0.3 is 4.74 Å². The van der Waals surface area contributed by atoms with E-state index in [0.29, 0.717) is 6.54 Å². The minimum absolute atomic E-state index is 0.0949. The highest BCUT2D eigenvalue weighted by atomic mass is 32.2. The number of methoxy groups -OCH3 is 1. The lowest BCUT2D eigenvalue weighted by atomic mass is 10.1. The lowest BCUT2D eigenvalue weighted by molar-refractivity contribution is 0.240. The fraction of sp³-hybridized carbons (Fsp3) is 0.375. The average Bonchev–Trinajstić information content (AvgIpc) is 2.54. The number of hydrogen-bond donors (Lipinski definition) is 0. The van der Waals surface area contributed by atoms with Gasteiger partial charge in [0.2, 0.25) is 15.0 Å². The van der Waals surface area contributed by atoms with Crippen molar-refractivity contribution in [3.63, 3.8) is 0 Å². The van der Waals surface area contributed by atoms with Crippen LogP contribution in [0.1, 0.15) is 16.8 Å². The molecule has 1 aliphatic rings. The summed E-state index contributed by atoms with van der Waals surface area (Å²) in [6, 6.07) is 7.96. The fourth-order valence-corrected chi connectivity index (χ4v) is 3.16. The number of sulfone groups is 1. The summed E-state index contributed by atoms with van der Waals surface area (Å²) in [7, 11) is -1.73. The van der Waals surface area contributed by atoms with Crippen LogP contribution in [0.5, 0.6) is 5.75 Å². The SMILES string of the molecule is COc1ccc(CN2CCc3cnc(S(C)(=O)=O)nc3C2)cc1. The summed E-state index contributed by atoms with van der Waals surface area (Å²) >= 11 is 0.